The van der Waals surface area contributed by atoms with Gasteiger partial charge in [0.2, 0.25) is 11.8 Å². The number of aliphatic hydroxyl groups excluding tert-OH is 1. The second-order valence-corrected chi connectivity index (χ2v) is 12.5. The molecule has 3 aliphatic heterocycles. The van der Waals surface area contributed by atoms with Crippen molar-refractivity contribution in [2.45, 2.75) is 66.9 Å². The van der Waals surface area contributed by atoms with Gasteiger partial charge in [0.25, 0.3) is 0 Å². The van der Waals surface area contributed by atoms with E-state index in [1.807, 2.05) is 13.8 Å². The van der Waals surface area contributed by atoms with Crippen molar-refractivity contribution in [3.63, 3.8) is 0 Å². The summed E-state index contributed by atoms with van der Waals surface area (Å²) in [5.41, 5.74) is 0. The summed E-state index contributed by atoms with van der Waals surface area (Å²) in [6.07, 6.45) is 5.60. The number of ether oxygens (including phenoxy) is 1. The van der Waals surface area contributed by atoms with E-state index in [4.69, 9.17) is 4.74 Å². The summed E-state index contributed by atoms with van der Waals surface area (Å²) in [5, 5.41) is 10.1. The Morgan fingerprint density at radius 2 is 2.09 bits per heavy atom. The second kappa shape index (κ2) is 11.2. The second-order valence-electron chi connectivity index (χ2n) is 9.75. The van der Waals surface area contributed by atoms with Gasteiger partial charge in [0.15, 0.2) is 0 Å². The number of amides is 2. The highest BCUT2D eigenvalue weighted by Gasteiger charge is 2.76. The summed E-state index contributed by atoms with van der Waals surface area (Å²) in [4.78, 5) is 44.7. The number of thioether (sulfide) groups is 1. The predicted octanol–water partition coefficient (Wildman–Crippen LogP) is 3.01. The lowest BCUT2D eigenvalue weighted by Crippen LogP contribution is -2.58. The molecule has 9 heteroatoms. The zero-order valence-electron chi connectivity index (χ0n) is 20.3. The summed E-state index contributed by atoms with van der Waals surface area (Å²) in [7, 11) is 0. The fraction of sp³-hybridized carbons (Fsp3) is 0.720. The Balaban J connectivity index is 2.10. The molecule has 0 aromatic heterocycles. The lowest BCUT2D eigenvalue weighted by molar-refractivity contribution is -0.153. The average Bonchev–Trinajstić information content (AvgIpc) is 3.39. The first-order valence-corrected chi connectivity index (χ1v) is 13.9. The zero-order chi connectivity index (χ0) is 25.2. The molecule has 2 bridgehead atoms. The van der Waals surface area contributed by atoms with Gasteiger partial charge in [-0.15, -0.1) is 18.3 Å². The number of nitrogens with zero attached hydrogens (tertiary/aromatic N) is 2. The molecule has 0 radical (unpaired) electrons. The molecule has 7 atom stereocenters. The van der Waals surface area contributed by atoms with E-state index in [0.29, 0.717) is 19.5 Å². The van der Waals surface area contributed by atoms with Gasteiger partial charge in [-0.2, -0.15) is 0 Å². The van der Waals surface area contributed by atoms with Crippen LogP contribution in [0.1, 0.15) is 40.0 Å². The van der Waals surface area contributed by atoms with Crippen LogP contribution in [0.2, 0.25) is 0 Å². The first-order valence-electron chi connectivity index (χ1n) is 12.1. The lowest BCUT2D eigenvalue weighted by atomic mass is 9.71. The van der Waals surface area contributed by atoms with E-state index in [1.165, 1.54) is 6.08 Å². The van der Waals surface area contributed by atoms with Crippen molar-refractivity contribution in [2.24, 2.45) is 17.8 Å². The van der Waals surface area contributed by atoms with Gasteiger partial charge in [-0.05, 0) is 18.8 Å². The van der Waals surface area contributed by atoms with E-state index in [0.717, 1.165) is 12.8 Å². The highest BCUT2D eigenvalue weighted by Crippen LogP contribution is 2.68. The van der Waals surface area contributed by atoms with E-state index in [9.17, 15) is 19.5 Å². The van der Waals surface area contributed by atoms with Crippen molar-refractivity contribution in [2.75, 3.05) is 26.3 Å². The Kier molecular flexibility index (Phi) is 8.96. The third-order valence-electron chi connectivity index (χ3n) is 7.33. The number of hydrogen-bond acceptors (Lipinski definition) is 6. The smallest absolute Gasteiger partial charge is 0.311 e. The van der Waals surface area contributed by atoms with Crippen LogP contribution in [0.25, 0.3) is 0 Å². The molecule has 0 aliphatic carbocycles. The Labute approximate surface area is 215 Å². The molecule has 3 fully saturated rings. The van der Waals surface area contributed by atoms with Gasteiger partial charge in [0, 0.05) is 23.2 Å². The number of hydrogen-bond donors (Lipinski definition) is 1. The molecule has 3 saturated heterocycles. The summed E-state index contributed by atoms with van der Waals surface area (Å²) in [5.74, 6) is -2.14. The van der Waals surface area contributed by atoms with Crippen LogP contribution in [0.5, 0.6) is 0 Å². The van der Waals surface area contributed by atoms with Crippen molar-refractivity contribution in [3.05, 3.63) is 25.3 Å². The normalized spacial score (nSPS) is 32.6. The third-order valence-corrected chi connectivity index (χ3v) is 10.6. The fourth-order valence-corrected chi connectivity index (χ4v) is 9.38. The number of rotatable bonds is 12. The molecule has 7 nitrogen and oxygen atoms in total. The van der Waals surface area contributed by atoms with E-state index in [-0.39, 0.29) is 41.0 Å². The van der Waals surface area contributed by atoms with Crippen molar-refractivity contribution in [1.82, 2.24) is 9.80 Å². The van der Waals surface area contributed by atoms with Crippen molar-refractivity contribution < 1.29 is 24.2 Å². The Hall–Kier alpha value is -1.32. The minimum absolute atomic E-state index is 0.0202. The lowest BCUT2D eigenvalue weighted by Gasteiger charge is -2.41. The van der Waals surface area contributed by atoms with Crippen LogP contribution < -0.4 is 0 Å². The van der Waals surface area contributed by atoms with E-state index in [2.05, 4.69) is 36.0 Å². The zero-order valence-corrected chi connectivity index (χ0v) is 22.7. The molecule has 0 aromatic rings. The van der Waals surface area contributed by atoms with Gasteiger partial charge in [-0.3, -0.25) is 14.4 Å². The Morgan fingerprint density at radius 3 is 2.65 bits per heavy atom. The van der Waals surface area contributed by atoms with Gasteiger partial charge in [-0.1, -0.05) is 61.9 Å². The van der Waals surface area contributed by atoms with Crippen LogP contribution in [-0.2, 0) is 19.1 Å². The summed E-state index contributed by atoms with van der Waals surface area (Å²) >= 11 is 5.32. The largest absolute Gasteiger partial charge is 0.461 e. The molecule has 0 saturated carbocycles. The number of esters is 1. The number of fused-ring (bicyclic) bond motifs is 1. The number of halogens is 1. The molecule has 1 spiro atoms. The SMILES string of the molecule is C=CCOC(=O)[C@H]1[C@H]2C(=O)N([C@@H](CO)C(C)C)C(C(=O)N(CC=C)CCCC)C23CC(Br)[C@@H]1S3. The molecule has 3 rings (SSSR count). The molecule has 3 heterocycles. The topological polar surface area (TPSA) is 87.1 Å². The van der Waals surface area contributed by atoms with Crippen LogP contribution in [0.15, 0.2) is 25.3 Å². The van der Waals surface area contributed by atoms with Gasteiger partial charge in [0.05, 0.1) is 29.2 Å². The molecule has 3 unspecified atom stereocenters. The number of alkyl halides is 1. The minimum Gasteiger partial charge on any atom is -0.461 e. The molecule has 190 valence electrons. The van der Waals surface area contributed by atoms with E-state index >= 15 is 0 Å². The summed E-state index contributed by atoms with van der Waals surface area (Å²) in [6, 6.07) is -1.27. The van der Waals surface area contributed by atoms with Crippen molar-refractivity contribution in [3.8, 4) is 0 Å². The van der Waals surface area contributed by atoms with E-state index < -0.39 is 34.6 Å². The Morgan fingerprint density at radius 1 is 1.38 bits per heavy atom. The molecular weight excluding hydrogens is 520 g/mol. The Bertz CT molecular complexity index is 823. The molecular formula is C25H37BrN2O5S. The number of likely N-dealkylation sites (tertiary alicyclic amines) is 1. The molecule has 34 heavy (non-hydrogen) atoms. The molecule has 0 aromatic carbocycles. The number of carbonyl (C=O) groups excluding carboxylic acids is 3. The summed E-state index contributed by atoms with van der Waals surface area (Å²) in [6.45, 7) is 14.2. The van der Waals surface area contributed by atoms with Gasteiger partial charge in [0.1, 0.15) is 12.6 Å². The molecule has 1 N–H and O–H groups in total. The molecule has 2 amide bonds. The van der Waals surface area contributed by atoms with Gasteiger partial charge >= 0.3 is 5.97 Å². The number of carbonyl (C=O) groups is 3. The maximum atomic E-state index is 14.2. The predicted molar refractivity (Wildman–Crippen MR) is 138 cm³/mol. The van der Waals surface area contributed by atoms with Crippen LogP contribution in [0, 0.1) is 17.8 Å². The third kappa shape index (κ3) is 4.48. The highest BCUT2D eigenvalue weighted by molar-refractivity contribution is 9.09. The standard InChI is InChI=1S/C25H37BrN2O5S/c1-6-9-11-27(10-7-2)23(31)21-25-13-16(26)20(34-25)18(24(32)33-12-8-3)19(25)22(30)28(21)17(14-29)15(4)5/h7-8,15-21,29H,2-3,6,9-14H2,1,4-5H3/t16?,17-,18-,19-,20-,21?,25?/m0/s1. The highest BCUT2D eigenvalue weighted by atomic mass is 79.9. The van der Waals surface area contributed by atoms with Crippen molar-refractivity contribution in [1.29, 1.82) is 0 Å². The van der Waals surface area contributed by atoms with Crippen LogP contribution in [-0.4, -0.2) is 85.9 Å². The van der Waals surface area contributed by atoms with Gasteiger partial charge in [-0.25, -0.2) is 0 Å². The maximum Gasteiger partial charge on any atom is 0.311 e. The minimum atomic E-state index is -0.756. The van der Waals surface area contributed by atoms with Crippen LogP contribution >= 0.6 is 27.7 Å². The average molecular weight is 558 g/mol. The maximum absolute atomic E-state index is 14.2. The van der Waals surface area contributed by atoms with Gasteiger partial charge < -0.3 is 19.6 Å². The van der Waals surface area contributed by atoms with E-state index in [1.54, 1.807) is 27.6 Å². The quantitative estimate of drug-likeness (QED) is 0.226. The first-order chi connectivity index (χ1) is 16.2. The molecule has 3 aliphatic rings. The first kappa shape index (κ1) is 27.3. The number of unbranched alkanes of at least 4 members (excludes halogenated alkanes) is 1. The van der Waals surface area contributed by atoms with Crippen LogP contribution in [0.3, 0.4) is 0 Å². The summed E-state index contributed by atoms with van der Waals surface area (Å²) < 4.78 is 4.66. The number of aliphatic hydroxyl groups is 1. The fourth-order valence-electron chi connectivity index (χ4n) is 5.80. The van der Waals surface area contributed by atoms with Crippen LogP contribution in [0.4, 0.5) is 0 Å². The van der Waals surface area contributed by atoms with Crippen molar-refractivity contribution >= 4 is 45.5 Å². The monoisotopic (exact) mass is 556 g/mol.